The first-order valence-corrected chi connectivity index (χ1v) is 7.09. The van der Waals surface area contributed by atoms with Gasteiger partial charge in [0, 0.05) is 18.0 Å². The summed E-state index contributed by atoms with van der Waals surface area (Å²) in [6.07, 6.45) is 5.29. The molecule has 0 atom stereocenters. The first-order valence-electron chi connectivity index (χ1n) is 7.09. The SMILES string of the molecule is COc1ccc(-c2cccn3nc(Nc4cn[nH]c4)nc23)cc1. The highest BCUT2D eigenvalue weighted by molar-refractivity contribution is 5.78. The van der Waals surface area contributed by atoms with Gasteiger partial charge in [-0.2, -0.15) is 10.1 Å². The van der Waals surface area contributed by atoms with E-state index in [1.54, 1.807) is 24.0 Å². The van der Waals surface area contributed by atoms with Crippen molar-refractivity contribution >= 4 is 17.3 Å². The Morgan fingerprint density at radius 1 is 1.17 bits per heavy atom. The summed E-state index contributed by atoms with van der Waals surface area (Å²) < 4.78 is 6.96. The molecule has 0 unspecified atom stereocenters. The van der Waals surface area contributed by atoms with Gasteiger partial charge >= 0.3 is 0 Å². The number of aromatic nitrogens is 5. The number of ether oxygens (including phenoxy) is 1. The third kappa shape index (κ3) is 2.48. The number of anilines is 2. The van der Waals surface area contributed by atoms with E-state index in [2.05, 4.69) is 25.6 Å². The van der Waals surface area contributed by atoms with Gasteiger partial charge in [0.25, 0.3) is 0 Å². The Hall–Kier alpha value is -3.35. The van der Waals surface area contributed by atoms with E-state index in [-0.39, 0.29) is 0 Å². The van der Waals surface area contributed by atoms with Crippen LogP contribution in [0.15, 0.2) is 55.0 Å². The van der Waals surface area contributed by atoms with E-state index in [4.69, 9.17) is 4.74 Å². The average molecular weight is 306 g/mol. The smallest absolute Gasteiger partial charge is 0.247 e. The first-order chi connectivity index (χ1) is 11.3. The molecule has 0 saturated heterocycles. The van der Waals surface area contributed by atoms with Crippen molar-refractivity contribution in [3.8, 4) is 16.9 Å². The van der Waals surface area contributed by atoms with Crippen LogP contribution in [0.1, 0.15) is 0 Å². The lowest BCUT2D eigenvalue weighted by Gasteiger charge is -2.04. The second-order valence-electron chi connectivity index (χ2n) is 4.97. The summed E-state index contributed by atoms with van der Waals surface area (Å²) in [5.74, 6) is 1.34. The minimum atomic E-state index is 0.521. The van der Waals surface area contributed by atoms with Crippen LogP contribution in [0.5, 0.6) is 5.75 Å². The van der Waals surface area contributed by atoms with E-state index in [0.717, 1.165) is 28.2 Å². The van der Waals surface area contributed by atoms with Crippen LogP contribution < -0.4 is 10.1 Å². The van der Waals surface area contributed by atoms with Crippen molar-refractivity contribution in [1.82, 2.24) is 24.8 Å². The van der Waals surface area contributed by atoms with E-state index in [1.165, 1.54) is 0 Å². The van der Waals surface area contributed by atoms with Gasteiger partial charge in [-0.1, -0.05) is 12.1 Å². The van der Waals surface area contributed by atoms with Crippen molar-refractivity contribution in [2.24, 2.45) is 0 Å². The number of pyridine rings is 1. The summed E-state index contributed by atoms with van der Waals surface area (Å²) in [7, 11) is 1.65. The standard InChI is InChI=1S/C16H14N6O/c1-23-13-6-4-11(5-7-13)14-3-2-8-22-15(14)20-16(21-22)19-12-9-17-18-10-12/h2-10H,1H3,(H,17,18)(H,19,21). The van der Waals surface area contributed by atoms with Gasteiger partial charge in [-0.25, -0.2) is 4.52 Å². The minimum Gasteiger partial charge on any atom is -0.497 e. The van der Waals surface area contributed by atoms with Crippen molar-refractivity contribution < 1.29 is 4.74 Å². The summed E-state index contributed by atoms with van der Waals surface area (Å²) >= 11 is 0. The highest BCUT2D eigenvalue weighted by Gasteiger charge is 2.10. The van der Waals surface area contributed by atoms with Crippen molar-refractivity contribution in [3.63, 3.8) is 0 Å². The lowest BCUT2D eigenvalue weighted by Crippen LogP contribution is -1.91. The van der Waals surface area contributed by atoms with Gasteiger partial charge in [-0.05, 0) is 29.8 Å². The minimum absolute atomic E-state index is 0.521. The zero-order valence-electron chi connectivity index (χ0n) is 12.4. The van der Waals surface area contributed by atoms with Gasteiger partial charge in [0.2, 0.25) is 5.95 Å². The van der Waals surface area contributed by atoms with E-state index < -0.39 is 0 Å². The van der Waals surface area contributed by atoms with Crippen LogP contribution in [0.25, 0.3) is 16.8 Å². The van der Waals surface area contributed by atoms with Gasteiger partial charge in [0.1, 0.15) is 5.75 Å². The molecule has 23 heavy (non-hydrogen) atoms. The Bertz CT molecular complexity index is 927. The van der Waals surface area contributed by atoms with E-state index >= 15 is 0 Å². The second kappa shape index (κ2) is 5.45. The molecule has 7 nitrogen and oxygen atoms in total. The maximum absolute atomic E-state index is 5.20. The number of H-pyrrole nitrogens is 1. The van der Waals surface area contributed by atoms with Crippen molar-refractivity contribution in [2.45, 2.75) is 0 Å². The number of nitrogens with one attached hydrogen (secondary N) is 2. The maximum atomic E-state index is 5.20. The quantitative estimate of drug-likeness (QED) is 0.606. The topological polar surface area (TPSA) is 80.1 Å². The molecule has 3 aromatic heterocycles. The van der Waals surface area contributed by atoms with E-state index in [9.17, 15) is 0 Å². The summed E-state index contributed by atoms with van der Waals surface area (Å²) in [5.41, 5.74) is 3.65. The molecule has 114 valence electrons. The molecule has 0 amide bonds. The fraction of sp³-hybridized carbons (Fsp3) is 0.0625. The highest BCUT2D eigenvalue weighted by atomic mass is 16.5. The number of methoxy groups -OCH3 is 1. The lowest BCUT2D eigenvalue weighted by molar-refractivity contribution is 0.415. The first kappa shape index (κ1) is 13.3. The molecular weight excluding hydrogens is 292 g/mol. The number of aromatic amines is 1. The molecule has 0 aliphatic rings. The largest absolute Gasteiger partial charge is 0.497 e. The van der Waals surface area contributed by atoms with Crippen LogP contribution in [0.3, 0.4) is 0 Å². The lowest BCUT2D eigenvalue weighted by atomic mass is 10.1. The molecule has 3 heterocycles. The Balaban J connectivity index is 1.75. The van der Waals surface area contributed by atoms with E-state index in [0.29, 0.717) is 5.95 Å². The third-order valence-corrected chi connectivity index (χ3v) is 3.52. The Kier molecular flexibility index (Phi) is 3.16. The number of nitrogens with zero attached hydrogens (tertiary/aromatic N) is 4. The molecule has 0 aliphatic carbocycles. The average Bonchev–Trinajstić information content (AvgIpc) is 3.24. The van der Waals surface area contributed by atoms with Crippen molar-refractivity contribution in [2.75, 3.05) is 12.4 Å². The molecule has 4 rings (SSSR count). The Morgan fingerprint density at radius 2 is 2.04 bits per heavy atom. The number of hydrogen-bond acceptors (Lipinski definition) is 5. The molecule has 4 aromatic rings. The molecule has 0 fully saturated rings. The molecule has 0 radical (unpaired) electrons. The van der Waals surface area contributed by atoms with Crippen LogP contribution in [0.4, 0.5) is 11.6 Å². The zero-order chi connectivity index (χ0) is 15.6. The second-order valence-corrected chi connectivity index (χ2v) is 4.97. The van der Waals surface area contributed by atoms with Crippen molar-refractivity contribution in [1.29, 1.82) is 0 Å². The monoisotopic (exact) mass is 306 g/mol. The van der Waals surface area contributed by atoms with Gasteiger partial charge in [0.15, 0.2) is 5.65 Å². The summed E-state index contributed by atoms with van der Waals surface area (Å²) in [5, 5.41) is 14.2. The van der Waals surface area contributed by atoms with Gasteiger partial charge in [0.05, 0.1) is 19.0 Å². The fourth-order valence-corrected chi connectivity index (χ4v) is 2.40. The normalized spacial score (nSPS) is 10.8. The van der Waals surface area contributed by atoms with Crippen LogP contribution in [0, 0.1) is 0 Å². The summed E-state index contributed by atoms with van der Waals surface area (Å²) in [4.78, 5) is 4.57. The number of hydrogen-bond donors (Lipinski definition) is 2. The summed E-state index contributed by atoms with van der Waals surface area (Å²) in [6.45, 7) is 0. The highest BCUT2D eigenvalue weighted by Crippen LogP contribution is 2.26. The molecular formula is C16H14N6O. The van der Waals surface area contributed by atoms with E-state index in [1.807, 2.05) is 42.6 Å². The third-order valence-electron chi connectivity index (χ3n) is 3.52. The van der Waals surface area contributed by atoms with Crippen LogP contribution >= 0.6 is 0 Å². The zero-order valence-corrected chi connectivity index (χ0v) is 12.4. The Morgan fingerprint density at radius 3 is 2.78 bits per heavy atom. The van der Waals surface area contributed by atoms with Gasteiger partial charge in [-0.3, -0.25) is 5.10 Å². The van der Waals surface area contributed by atoms with Crippen LogP contribution in [-0.2, 0) is 0 Å². The maximum Gasteiger partial charge on any atom is 0.247 e. The summed E-state index contributed by atoms with van der Waals surface area (Å²) in [6, 6.07) is 11.8. The van der Waals surface area contributed by atoms with Crippen LogP contribution in [0.2, 0.25) is 0 Å². The predicted octanol–water partition coefficient (Wildman–Crippen LogP) is 2.87. The Labute approximate surface area is 131 Å². The number of fused-ring (bicyclic) bond motifs is 1. The molecule has 0 aliphatic heterocycles. The fourth-order valence-electron chi connectivity index (χ4n) is 2.40. The van der Waals surface area contributed by atoms with Crippen LogP contribution in [-0.4, -0.2) is 31.9 Å². The van der Waals surface area contributed by atoms with Crippen molar-refractivity contribution in [3.05, 3.63) is 55.0 Å². The van der Waals surface area contributed by atoms with Gasteiger partial charge < -0.3 is 10.1 Å². The molecule has 7 heteroatoms. The predicted molar refractivity (Wildman–Crippen MR) is 86.8 cm³/mol. The molecule has 0 saturated carbocycles. The number of benzene rings is 1. The molecule has 0 spiro atoms. The number of rotatable bonds is 4. The van der Waals surface area contributed by atoms with Gasteiger partial charge in [-0.15, -0.1) is 5.10 Å². The molecule has 1 aromatic carbocycles. The molecule has 0 bridgehead atoms. The molecule has 2 N–H and O–H groups in total.